The molecule has 0 amide bonds. The van der Waals surface area contributed by atoms with E-state index in [1.165, 1.54) is 212 Å². The van der Waals surface area contributed by atoms with E-state index in [9.17, 15) is 43.2 Å². The molecule has 0 aromatic rings. The quantitative estimate of drug-likeness (QED) is 0.0222. The predicted molar refractivity (Wildman–Crippen MR) is 377 cm³/mol. The maximum Gasteiger partial charge on any atom is 0.472 e. The van der Waals surface area contributed by atoms with Gasteiger partial charge >= 0.3 is 39.5 Å². The molecule has 0 fully saturated rings. The zero-order chi connectivity index (χ0) is 68.4. The fourth-order valence-corrected chi connectivity index (χ4v) is 12.9. The Kier molecular flexibility index (Phi) is 65.9. The highest BCUT2D eigenvalue weighted by Crippen LogP contribution is 2.45. The Morgan fingerprint density at radius 3 is 0.763 bits per heavy atom. The summed E-state index contributed by atoms with van der Waals surface area (Å²) in [5.74, 6) is -1.30. The largest absolute Gasteiger partial charge is 0.472 e. The fraction of sp³-hybridized carbons (Fsp3) is 0.946. The minimum absolute atomic E-state index is 0.107. The van der Waals surface area contributed by atoms with Crippen LogP contribution in [0, 0.1) is 5.92 Å². The number of esters is 4. The second kappa shape index (κ2) is 67.3. The number of ether oxygens (including phenoxy) is 4. The zero-order valence-electron chi connectivity index (χ0n) is 60.4. The third kappa shape index (κ3) is 67.0. The van der Waals surface area contributed by atoms with E-state index >= 15 is 0 Å². The second-order valence-electron chi connectivity index (χ2n) is 26.9. The molecule has 0 heterocycles. The summed E-state index contributed by atoms with van der Waals surface area (Å²) in [5, 5.41) is 10.6. The topological polar surface area (TPSA) is 237 Å². The van der Waals surface area contributed by atoms with Crippen LogP contribution in [0.1, 0.15) is 388 Å². The summed E-state index contributed by atoms with van der Waals surface area (Å²) < 4.78 is 68.4. The highest BCUT2D eigenvalue weighted by atomic mass is 31.2. The van der Waals surface area contributed by atoms with E-state index in [-0.39, 0.29) is 25.7 Å². The molecule has 0 spiro atoms. The van der Waals surface area contributed by atoms with Crippen LogP contribution in [0.5, 0.6) is 0 Å². The first kappa shape index (κ1) is 91.1. The number of unbranched alkanes of at least 4 members (excludes halogenated alkanes) is 45. The lowest BCUT2D eigenvalue weighted by Gasteiger charge is -2.21. The molecule has 19 heteroatoms. The van der Waals surface area contributed by atoms with Gasteiger partial charge in [-0.05, 0) is 31.6 Å². The van der Waals surface area contributed by atoms with Crippen molar-refractivity contribution < 1.29 is 80.2 Å². The lowest BCUT2D eigenvalue weighted by atomic mass is 9.99. The monoisotopic (exact) mass is 1370 g/mol. The molecule has 0 saturated heterocycles. The van der Waals surface area contributed by atoms with Crippen LogP contribution >= 0.6 is 15.6 Å². The van der Waals surface area contributed by atoms with Crippen LogP contribution in [0.15, 0.2) is 0 Å². The van der Waals surface area contributed by atoms with Crippen molar-refractivity contribution in [2.24, 2.45) is 5.92 Å². The molecule has 552 valence electrons. The molecule has 3 unspecified atom stereocenters. The Labute approximate surface area is 568 Å². The predicted octanol–water partition coefficient (Wildman–Crippen LogP) is 21.7. The molecule has 3 N–H and O–H groups in total. The molecule has 0 bridgehead atoms. The smallest absolute Gasteiger partial charge is 0.462 e. The zero-order valence-corrected chi connectivity index (χ0v) is 62.2. The summed E-state index contributed by atoms with van der Waals surface area (Å²) in [6.07, 6.45) is 55.2. The van der Waals surface area contributed by atoms with Crippen molar-refractivity contribution in [1.82, 2.24) is 0 Å². The highest BCUT2D eigenvalue weighted by Gasteiger charge is 2.30. The van der Waals surface area contributed by atoms with Gasteiger partial charge in [-0.2, -0.15) is 0 Å². The van der Waals surface area contributed by atoms with E-state index in [1.807, 2.05) is 0 Å². The van der Waals surface area contributed by atoms with Gasteiger partial charge in [0.2, 0.25) is 0 Å². The number of rotatable bonds is 74. The molecule has 0 saturated carbocycles. The van der Waals surface area contributed by atoms with Crippen molar-refractivity contribution in [1.29, 1.82) is 0 Å². The molecule has 0 aromatic carbocycles. The van der Waals surface area contributed by atoms with E-state index in [2.05, 4.69) is 34.6 Å². The Hall–Kier alpha value is -1.94. The first-order valence-electron chi connectivity index (χ1n) is 38.7. The normalized spacial score (nSPS) is 14.3. The minimum atomic E-state index is -4.95. The molecule has 0 aromatic heterocycles. The van der Waals surface area contributed by atoms with E-state index in [4.69, 9.17) is 37.0 Å². The van der Waals surface area contributed by atoms with Crippen molar-refractivity contribution in [2.75, 3.05) is 39.6 Å². The highest BCUT2D eigenvalue weighted by molar-refractivity contribution is 7.47. The van der Waals surface area contributed by atoms with Crippen LogP contribution < -0.4 is 0 Å². The van der Waals surface area contributed by atoms with Crippen molar-refractivity contribution in [2.45, 2.75) is 406 Å². The molecule has 93 heavy (non-hydrogen) atoms. The first-order chi connectivity index (χ1) is 45.1. The van der Waals surface area contributed by atoms with Crippen molar-refractivity contribution in [3.63, 3.8) is 0 Å². The first-order valence-corrected chi connectivity index (χ1v) is 41.7. The summed E-state index contributed by atoms with van der Waals surface area (Å²) in [5.41, 5.74) is 0. The van der Waals surface area contributed by atoms with Gasteiger partial charge in [0.25, 0.3) is 0 Å². The Bertz CT molecular complexity index is 1790. The summed E-state index contributed by atoms with van der Waals surface area (Å²) in [6.45, 7) is 7.31. The van der Waals surface area contributed by atoms with Gasteiger partial charge in [0.15, 0.2) is 12.2 Å². The van der Waals surface area contributed by atoms with Crippen molar-refractivity contribution >= 4 is 39.5 Å². The summed E-state index contributed by atoms with van der Waals surface area (Å²) in [4.78, 5) is 72.7. The summed E-state index contributed by atoms with van der Waals surface area (Å²) in [7, 11) is -9.90. The SMILES string of the molecule is CCCCCCCCCCCCCCCCCCCC(=O)O[C@H](COC(=O)CCCCCCCCCCCCC(C)CC)COP(=O)(O)OC[C@@H](O)COP(=O)(O)OC[C@@H](COC(=O)CCCCCCCCCCCCC)OC(=O)CCCCCCCCCCCCC. The molecule has 6 atom stereocenters. The maximum atomic E-state index is 13.1. The molecule has 17 nitrogen and oxygen atoms in total. The van der Waals surface area contributed by atoms with Crippen molar-refractivity contribution in [3.8, 4) is 0 Å². The average molecular weight is 1370 g/mol. The van der Waals surface area contributed by atoms with Gasteiger partial charge in [0, 0.05) is 25.7 Å². The van der Waals surface area contributed by atoms with Crippen LogP contribution in [0.25, 0.3) is 0 Å². The van der Waals surface area contributed by atoms with Crippen LogP contribution in [-0.2, 0) is 65.4 Å². The number of hydrogen-bond acceptors (Lipinski definition) is 15. The number of aliphatic hydroxyl groups is 1. The number of carbonyl (C=O) groups excluding carboxylic acids is 4. The van der Waals surface area contributed by atoms with Gasteiger partial charge in [-0.25, -0.2) is 9.13 Å². The van der Waals surface area contributed by atoms with E-state index in [0.717, 1.165) is 95.8 Å². The Morgan fingerprint density at radius 2 is 0.516 bits per heavy atom. The van der Waals surface area contributed by atoms with E-state index < -0.39 is 97.5 Å². The van der Waals surface area contributed by atoms with Gasteiger partial charge in [-0.1, -0.05) is 336 Å². The maximum absolute atomic E-state index is 13.1. The number of phosphoric ester groups is 2. The summed E-state index contributed by atoms with van der Waals surface area (Å²) in [6, 6.07) is 0. The molecule has 0 aliphatic heterocycles. The molecule has 0 aliphatic carbocycles. The van der Waals surface area contributed by atoms with Crippen LogP contribution in [0.2, 0.25) is 0 Å². The number of carbonyl (C=O) groups is 4. The number of hydrogen-bond donors (Lipinski definition) is 3. The molecule has 0 aliphatic rings. The molecular formula is C74H144O17P2. The van der Waals surface area contributed by atoms with Gasteiger partial charge in [0.1, 0.15) is 19.3 Å². The average Bonchev–Trinajstić information content (AvgIpc) is 2.04. The van der Waals surface area contributed by atoms with Gasteiger partial charge < -0.3 is 33.8 Å². The second-order valence-corrected chi connectivity index (χ2v) is 29.8. The molecular weight excluding hydrogens is 1220 g/mol. The Balaban J connectivity index is 5.24. The van der Waals surface area contributed by atoms with Gasteiger partial charge in [-0.15, -0.1) is 0 Å². The Morgan fingerprint density at radius 1 is 0.301 bits per heavy atom. The standard InChI is InChI=1S/C74H144O17P2/c1-6-10-13-16-19-22-25-26-27-28-29-30-33-40-45-50-55-60-74(79)91-70(64-85-72(77)58-53-48-43-38-35-34-36-41-46-51-56-67(5)9-4)66-89-93(82,83)87-62-68(75)61-86-92(80,81)88-65-69(90-73(78)59-54-49-44-39-32-24-21-18-15-12-8-3)63-84-71(76)57-52-47-42-37-31-23-20-17-14-11-7-2/h67-70,75H,6-66H2,1-5H3,(H,80,81)(H,82,83)/t67?,68-,69+,70+/m0/s1. The number of aliphatic hydroxyl groups excluding tert-OH is 1. The summed E-state index contributed by atoms with van der Waals surface area (Å²) >= 11 is 0. The van der Waals surface area contributed by atoms with E-state index in [1.54, 1.807) is 0 Å². The van der Waals surface area contributed by atoms with Crippen molar-refractivity contribution in [3.05, 3.63) is 0 Å². The lowest BCUT2D eigenvalue weighted by molar-refractivity contribution is -0.161. The minimum Gasteiger partial charge on any atom is -0.462 e. The number of phosphoric acid groups is 2. The van der Waals surface area contributed by atoms with Crippen LogP contribution in [0.4, 0.5) is 0 Å². The van der Waals surface area contributed by atoms with Gasteiger partial charge in [0.05, 0.1) is 26.4 Å². The third-order valence-electron chi connectivity index (χ3n) is 17.6. The van der Waals surface area contributed by atoms with E-state index in [0.29, 0.717) is 25.7 Å². The lowest BCUT2D eigenvalue weighted by Crippen LogP contribution is -2.30. The van der Waals surface area contributed by atoms with Crippen LogP contribution in [0.3, 0.4) is 0 Å². The molecule has 0 radical (unpaired) electrons. The van der Waals surface area contributed by atoms with Crippen LogP contribution in [-0.4, -0.2) is 96.7 Å². The molecule has 0 rings (SSSR count). The fourth-order valence-electron chi connectivity index (χ4n) is 11.3. The van der Waals surface area contributed by atoms with Gasteiger partial charge in [-0.3, -0.25) is 37.3 Å². The third-order valence-corrected chi connectivity index (χ3v) is 19.5.